The number of amides is 1. The lowest BCUT2D eigenvalue weighted by Gasteiger charge is -2.28. The van der Waals surface area contributed by atoms with Crippen LogP contribution in [0.5, 0.6) is 0 Å². The highest BCUT2D eigenvalue weighted by atomic mass is 31.2. The van der Waals surface area contributed by atoms with E-state index >= 15 is 0 Å². The van der Waals surface area contributed by atoms with Crippen LogP contribution in [0, 0.1) is 5.92 Å². The molecule has 0 aromatic heterocycles. The molecule has 2 aliphatic rings. The molecule has 1 unspecified atom stereocenters. The van der Waals surface area contributed by atoms with Crippen LogP contribution in [0.1, 0.15) is 77.0 Å². The Morgan fingerprint density at radius 2 is 1.14 bits per heavy atom. The van der Waals surface area contributed by atoms with Crippen molar-refractivity contribution in [3.63, 3.8) is 0 Å². The lowest BCUT2D eigenvalue weighted by atomic mass is 9.86. The van der Waals surface area contributed by atoms with Crippen molar-refractivity contribution >= 4 is 34.7 Å². The highest BCUT2D eigenvalue weighted by Gasteiger charge is 2.31. The fourth-order valence-corrected chi connectivity index (χ4v) is 9.91. The maximum atomic E-state index is 14.3. The predicted octanol–water partition coefficient (Wildman–Crippen LogP) is 7.77. The zero-order valence-corrected chi connectivity index (χ0v) is 25.8. The van der Waals surface area contributed by atoms with Gasteiger partial charge in [0.1, 0.15) is 5.78 Å². The summed E-state index contributed by atoms with van der Waals surface area (Å²) in [6.07, 6.45) is 13.9. The minimum absolute atomic E-state index is 0.0772. The third-order valence-electron chi connectivity index (χ3n) is 8.82. The monoisotopic (exact) mass is 580 g/mol. The molecule has 0 bridgehead atoms. The molecule has 3 aromatic rings. The minimum Gasteiger partial charge on any atom is -0.339 e. The van der Waals surface area contributed by atoms with E-state index in [9.17, 15) is 9.59 Å². The molecule has 4 nitrogen and oxygen atoms in total. The second-order valence-electron chi connectivity index (χ2n) is 11.8. The summed E-state index contributed by atoms with van der Waals surface area (Å²) < 4.78 is 5.58. The van der Waals surface area contributed by atoms with Crippen molar-refractivity contribution in [1.29, 1.82) is 0 Å². The van der Waals surface area contributed by atoms with Gasteiger partial charge in [-0.2, -0.15) is 0 Å². The van der Waals surface area contributed by atoms with E-state index in [4.69, 9.17) is 4.74 Å². The SMILES string of the molecule is O=C1CCCCCCCCCC(/C(=C/N=P(c2ccccc2)(c2ccccc2)c2ccccc2)C(=O)N2CCCC2)C1. The number of ketones is 1. The van der Waals surface area contributed by atoms with E-state index < -0.39 is 7.05 Å². The maximum absolute atomic E-state index is 14.3. The molecule has 0 N–H and O–H groups in total. The Bertz CT molecular complexity index is 1280. The average molecular weight is 581 g/mol. The third kappa shape index (κ3) is 7.39. The van der Waals surface area contributed by atoms with Crippen LogP contribution in [0.3, 0.4) is 0 Å². The van der Waals surface area contributed by atoms with Gasteiger partial charge in [0.15, 0.2) is 0 Å². The number of Topliss-reactive ketones (excluding diaryl/α,β-unsaturated/α-hetero) is 1. The largest absolute Gasteiger partial charge is 0.339 e. The van der Waals surface area contributed by atoms with Crippen molar-refractivity contribution < 1.29 is 9.59 Å². The molecule has 2 fully saturated rings. The summed E-state index contributed by atoms with van der Waals surface area (Å²) in [5.41, 5.74) is 0.731. The van der Waals surface area contributed by atoms with Crippen molar-refractivity contribution in [1.82, 2.24) is 4.90 Å². The van der Waals surface area contributed by atoms with Gasteiger partial charge in [0, 0.05) is 53.6 Å². The number of carbonyl (C=O) groups excluding carboxylic acids is 2. The predicted molar refractivity (Wildman–Crippen MR) is 176 cm³/mol. The van der Waals surface area contributed by atoms with Crippen molar-refractivity contribution in [2.45, 2.75) is 77.0 Å². The van der Waals surface area contributed by atoms with Crippen LogP contribution in [-0.2, 0) is 9.59 Å². The van der Waals surface area contributed by atoms with Gasteiger partial charge in [-0.1, -0.05) is 130 Å². The maximum Gasteiger partial charge on any atom is 0.251 e. The lowest BCUT2D eigenvalue weighted by molar-refractivity contribution is -0.127. The Morgan fingerprint density at radius 3 is 1.67 bits per heavy atom. The van der Waals surface area contributed by atoms with Gasteiger partial charge in [0.05, 0.1) is 7.05 Å². The average Bonchev–Trinajstić information content (AvgIpc) is 3.58. The van der Waals surface area contributed by atoms with Crippen LogP contribution in [0.15, 0.2) is 108 Å². The minimum atomic E-state index is -2.50. The van der Waals surface area contributed by atoms with Crippen LogP contribution in [0.4, 0.5) is 0 Å². The molecule has 1 aliphatic carbocycles. The Morgan fingerprint density at radius 1 is 0.667 bits per heavy atom. The van der Waals surface area contributed by atoms with E-state index in [1.807, 2.05) is 29.3 Å². The second-order valence-corrected chi connectivity index (χ2v) is 14.8. The molecule has 1 heterocycles. The molecular weight excluding hydrogens is 535 g/mol. The highest BCUT2D eigenvalue weighted by Crippen LogP contribution is 2.47. The standard InChI is InChI=1S/C37H45N2O2P/c40-32-20-10-5-3-1-2-4-9-19-31(29-32)36(37(41)39-27-17-18-28-39)30-38-42(33-21-11-6-12-22-33,34-23-13-7-14-24-34)35-25-15-8-16-26-35/h6-8,11-16,21-26,30-31H,1-5,9-10,17-20,27-29H2/b36-30-. The van der Waals surface area contributed by atoms with Gasteiger partial charge in [-0.15, -0.1) is 0 Å². The third-order valence-corrected chi connectivity index (χ3v) is 12.4. The van der Waals surface area contributed by atoms with Crippen molar-refractivity contribution in [2.75, 3.05) is 13.1 Å². The molecule has 3 aromatic carbocycles. The molecule has 1 amide bonds. The smallest absolute Gasteiger partial charge is 0.251 e. The number of hydrogen-bond acceptors (Lipinski definition) is 3. The number of rotatable bonds is 6. The summed E-state index contributed by atoms with van der Waals surface area (Å²) in [6, 6.07) is 31.7. The summed E-state index contributed by atoms with van der Waals surface area (Å²) >= 11 is 0. The summed E-state index contributed by atoms with van der Waals surface area (Å²) in [5, 5.41) is 3.46. The van der Waals surface area contributed by atoms with E-state index in [-0.39, 0.29) is 17.6 Å². The second kappa shape index (κ2) is 15.3. The molecule has 1 saturated carbocycles. The molecule has 0 radical (unpaired) electrons. The number of nitrogens with zero attached hydrogens (tertiary/aromatic N) is 2. The van der Waals surface area contributed by atoms with E-state index in [2.05, 4.69) is 72.8 Å². The summed E-state index contributed by atoms with van der Waals surface area (Å²) in [7, 11) is -2.50. The molecule has 5 rings (SSSR count). The van der Waals surface area contributed by atoms with Crippen LogP contribution in [-0.4, -0.2) is 29.7 Å². The highest BCUT2D eigenvalue weighted by molar-refractivity contribution is 7.87. The zero-order valence-electron chi connectivity index (χ0n) is 24.9. The van der Waals surface area contributed by atoms with Crippen LogP contribution >= 0.6 is 7.05 Å². The lowest BCUT2D eigenvalue weighted by Crippen LogP contribution is -2.32. The van der Waals surface area contributed by atoms with Gasteiger partial charge in [-0.25, -0.2) is 0 Å². The summed E-state index contributed by atoms with van der Waals surface area (Å²) in [4.78, 5) is 29.5. The number of likely N-dealkylation sites (tertiary alicyclic amines) is 1. The van der Waals surface area contributed by atoms with Gasteiger partial charge in [0.2, 0.25) is 0 Å². The first-order chi connectivity index (χ1) is 20.7. The molecule has 1 atom stereocenters. The fourth-order valence-electron chi connectivity index (χ4n) is 6.51. The van der Waals surface area contributed by atoms with Crippen molar-refractivity contribution in [3.8, 4) is 0 Å². The first-order valence-corrected chi connectivity index (χ1v) is 17.7. The van der Waals surface area contributed by atoms with Crippen LogP contribution in [0.2, 0.25) is 0 Å². The Hall–Kier alpha value is -3.23. The van der Waals surface area contributed by atoms with Gasteiger partial charge in [-0.3, -0.25) is 14.3 Å². The summed E-state index contributed by atoms with van der Waals surface area (Å²) in [5.74, 6) is 0.266. The van der Waals surface area contributed by atoms with Crippen molar-refractivity contribution in [2.24, 2.45) is 10.7 Å². The zero-order chi connectivity index (χ0) is 29.0. The Balaban J connectivity index is 1.69. The fraction of sp³-hybridized carbons (Fsp3) is 0.405. The van der Waals surface area contributed by atoms with Gasteiger partial charge < -0.3 is 4.90 Å². The summed E-state index contributed by atoms with van der Waals surface area (Å²) in [6.45, 7) is 1.57. The quantitative estimate of drug-likeness (QED) is 0.221. The number of benzene rings is 3. The topological polar surface area (TPSA) is 49.7 Å². The molecule has 220 valence electrons. The Labute approximate surface area is 252 Å². The van der Waals surface area contributed by atoms with E-state index in [0.717, 1.165) is 79.5 Å². The van der Waals surface area contributed by atoms with Crippen molar-refractivity contribution in [3.05, 3.63) is 103 Å². The molecule has 1 saturated heterocycles. The van der Waals surface area contributed by atoms with Gasteiger partial charge in [-0.05, 0) is 31.6 Å². The van der Waals surface area contributed by atoms with E-state index in [1.54, 1.807) is 0 Å². The molecule has 0 spiro atoms. The van der Waals surface area contributed by atoms with E-state index in [1.165, 1.54) is 19.3 Å². The van der Waals surface area contributed by atoms with Gasteiger partial charge >= 0.3 is 0 Å². The number of hydrogen-bond donors (Lipinski definition) is 0. The Kier molecular flexibility index (Phi) is 11.0. The van der Waals surface area contributed by atoms with E-state index in [0.29, 0.717) is 12.8 Å². The molecule has 5 heteroatoms. The first kappa shape index (κ1) is 30.2. The number of carbonyl (C=O) groups is 2. The van der Waals surface area contributed by atoms with Crippen LogP contribution in [0.25, 0.3) is 0 Å². The van der Waals surface area contributed by atoms with Crippen LogP contribution < -0.4 is 15.9 Å². The normalized spacial score (nSPS) is 19.5. The molecule has 42 heavy (non-hydrogen) atoms. The van der Waals surface area contributed by atoms with Gasteiger partial charge in [0.25, 0.3) is 5.91 Å². The first-order valence-electron chi connectivity index (χ1n) is 16.0. The molecule has 1 aliphatic heterocycles. The molecular formula is C37H45N2O2P.